The monoisotopic (exact) mass is 335 g/mol. The third-order valence-corrected chi connectivity index (χ3v) is 5.41. The van der Waals surface area contributed by atoms with Crippen molar-refractivity contribution in [1.29, 1.82) is 0 Å². The van der Waals surface area contributed by atoms with Crippen molar-refractivity contribution in [3.63, 3.8) is 0 Å². The van der Waals surface area contributed by atoms with E-state index in [2.05, 4.69) is 24.4 Å². The number of hydrogen-bond acceptors (Lipinski definition) is 4. The van der Waals surface area contributed by atoms with Gasteiger partial charge < -0.3 is 9.47 Å². The molecule has 1 aromatic carbocycles. The molecule has 0 saturated carbocycles. The predicted octanol–water partition coefficient (Wildman–Crippen LogP) is 3.30. The summed E-state index contributed by atoms with van der Waals surface area (Å²) in [5.41, 5.74) is 2.83. The number of imidazole rings is 1. The summed E-state index contributed by atoms with van der Waals surface area (Å²) < 4.78 is 16.8. The largest absolute Gasteiger partial charge is 0.341 e. The van der Waals surface area contributed by atoms with E-state index in [1.807, 2.05) is 24.7 Å². The van der Waals surface area contributed by atoms with Crippen LogP contribution in [0.3, 0.4) is 0 Å². The summed E-state index contributed by atoms with van der Waals surface area (Å²) in [5.74, 6) is 1.05. The number of aromatic nitrogens is 4. The van der Waals surface area contributed by atoms with Gasteiger partial charge in [0.2, 0.25) is 5.95 Å². The zero-order valence-corrected chi connectivity index (χ0v) is 13.7. The van der Waals surface area contributed by atoms with Crippen LogP contribution in [0.25, 0.3) is 11.3 Å². The Hall–Kier alpha value is -2.76. The van der Waals surface area contributed by atoms with Gasteiger partial charge in [0, 0.05) is 36.6 Å². The Kier molecular flexibility index (Phi) is 3.29. The molecule has 5 rings (SSSR count). The van der Waals surface area contributed by atoms with Crippen molar-refractivity contribution in [2.45, 2.75) is 18.9 Å². The summed E-state index contributed by atoms with van der Waals surface area (Å²) in [5, 5.41) is 0. The average Bonchev–Trinajstić information content (AvgIpc) is 3.24. The maximum atomic E-state index is 14.6. The van der Waals surface area contributed by atoms with E-state index >= 15 is 0 Å². The minimum absolute atomic E-state index is 0.0348. The normalized spacial score (nSPS) is 19.7. The molecule has 1 fully saturated rings. The number of fused-ring (bicyclic) bond motifs is 3. The van der Waals surface area contributed by atoms with Gasteiger partial charge in [0.1, 0.15) is 5.82 Å². The summed E-state index contributed by atoms with van der Waals surface area (Å²) in [6, 6.07) is 7.21. The van der Waals surface area contributed by atoms with Gasteiger partial charge in [0.15, 0.2) is 0 Å². The maximum absolute atomic E-state index is 14.6. The van der Waals surface area contributed by atoms with Crippen molar-refractivity contribution in [2.24, 2.45) is 5.92 Å². The molecule has 5 nitrogen and oxygen atoms in total. The summed E-state index contributed by atoms with van der Waals surface area (Å²) in [6.45, 7) is 1.78. The van der Waals surface area contributed by atoms with Gasteiger partial charge in [-0.3, -0.25) is 0 Å². The molecule has 4 heterocycles. The highest BCUT2D eigenvalue weighted by Gasteiger charge is 2.38. The number of hydrogen-bond donors (Lipinski definition) is 0. The van der Waals surface area contributed by atoms with Gasteiger partial charge >= 0.3 is 0 Å². The lowest BCUT2D eigenvalue weighted by Crippen LogP contribution is -2.37. The van der Waals surface area contributed by atoms with Crippen LogP contribution in [0.4, 0.5) is 10.3 Å². The first kappa shape index (κ1) is 14.6. The van der Waals surface area contributed by atoms with Crippen molar-refractivity contribution in [3.05, 3.63) is 60.6 Å². The van der Waals surface area contributed by atoms with Crippen LogP contribution < -0.4 is 4.90 Å². The van der Waals surface area contributed by atoms with Crippen LogP contribution >= 0.6 is 0 Å². The molecule has 126 valence electrons. The number of benzene rings is 1. The summed E-state index contributed by atoms with van der Waals surface area (Å²) >= 11 is 0. The molecule has 1 atom stereocenters. The molecule has 2 aliphatic heterocycles. The molecule has 0 amide bonds. The minimum Gasteiger partial charge on any atom is -0.341 e. The Bertz CT molecular complexity index is 899. The minimum atomic E-state index is -0.111. The van der Waals surface area contributed by atoms with Crippen LogP contribution in [0, 0.1) is 11.7 Å². The molecule has 25 heavy (non-hydrogen) atoms. The second-order valence-electron chi connectivity index (χ2n) is 6.71. The smallest absolute Gasteiger partial charge is 0.225 e. The van der Waals surface area contributed by atoms with Gasteiger partial charge in [-0.1, -0.05) is 12.1 Å². The molecule has 0 aliphatic carbocycles. The molecule has 3 aromatic rings. The van der Waals surface area contributed by atoms with E-state index in [9.17, 15) is 4.39 Å². The number of piperidine rings is 1. The van der Waals surface area contributed by atoms with Crippen molar-refractivity contribution in [2.75, 3.05) is 18.0 Å². The fraction of sp³-hybridized carbons (Fsp3) is 0.316. The second-order valence-corrected chi connectivity index (χ2v) is 6.71. The number of anilines is 1. The highest BCUT2D eigenvalue weighted by atomic mass is 19.1. The van der Waals surface area contributed by atoms with Crippen LogP contribution in [-0.4, -0.2) is 32.6 Å². The summed E-state index contributed by atoms with van der Waals surface area (Å²) in [7, 11) is 0. The number of nitrogens with zero attached hydrogens (tertiary/aromatic N) is 5. The zero-order valence-electron chi connectivity index (χ0n) is 13.7. The predicted molar refractivity (Wildman–Crippen MR) is 92.7 cm³/mol. The Morgan fingerprint density at radius 2 is 1.84 bits per heavy atom. The topological polar surface area (TPSA) is 46.8 Å². The van der Waals surface area contributed by atoms with E-state index in [1.54, 1.807) is 24.5 Å². The summed E-state index contributed by atoms with van der Waals surface area (Å²) in [6.07, 6.45) is 9.18. The molecular weight excluding hydrogens is 317 g/mol. The molecule has 2 aliphatic rings. The quantitative estimate of drug-likeness (QED) is 0.721. The number of halogens is 1. The Morgan fingerprint density at radius 3 is 2.64 bits per heavy atom. The standard InChI is InChI=1S/C19H18FN5/c20-15-4-1-3-14-16-11-21-12-25(16)18(17(14)15)13-5-9-24(10-6-13)19-22-7-2-8-23-19/h1-4,7-8,11-13,18H,5-6,9-10H2. The first-order valence-corrected chi connectivity index (χ1v) is 8.65. The van der Waals surface area contributed by atoms with E-state index in [0.717, 1.165) is 48.7 Å². The van der Waals surface area contributed by atoms with Gasteiger partial charge in [0.25, 0.3) is 0 Å². The van der Waals surface area contributed by atoms with Gasteiger partial charge in [-0.2, -0.15) is 0 Å². The van der Waals surface area contributed by atoms with Crippen molar-refractivity contribution in [1.82, 2.24) is 19.5 Å². The van der Waals surface area contributed by atoms with Crippen molar-refractivity contribution < 1.29 is 4.39 Å². The molecule has 0 spiro atoms. The van der Waals surface area contributed by atoms with Crippen LogP contribution in [0.1, 0.15) is 24.4 Å². The summed E-state index contributed by atoms with van der Waals surface area (Å²) in [4.78, 5) is 15.2. The molecule has 0 bridgehead atoms. The molecule has 1 saturated heterocycles. The molecule has 0 radical (unpaired) electrons. The first-order valence-electron chi connectivity index (χ1n) is 8.65. The average molecular weight is 335 g/mol. The number of rotatable bonds is 2. The van der Waals surface area contributed by atoms with E-state index in [4.69, 9.17) is 0 Å². The van der Waals surface area contributed by atoms with E-state index < -0.39 is 0 Å². The molecule has 2 aromatic heterocycles. The highest BCUT2D eigenvalue weighted by Crippen LogP contribution is 2.46. The maximum Gasteiger partial charge on any atom is 0.225 e. The van der Waals surface area contributed by atoms with E-state index in [0.29, 0.717) is 5.92 Å². The van der Waals surface area contributed by atoms with E-state index in [1.165, 1.54) is 0 Å². The highest BCUT2D eigenvalue weighted by molar-refractivity contribution is 5.69. The van der Waals surface area contributed by atoms with E-state index in [-0.39, 0.29) is 11.9 Å². The first-order chi connectivity index (χ1) is 12.3. The fourth-order valence-electron chi connectivity index (χ4n) is 4.27. The lowest BCUT2D eigenvalue weighted by molar-refractivity contribution is 0.310. The van der Waals surface area contributed by atoms with Crippen LogP contribution in [0.2, 0.25) is 0 Å². The van der Waals surface area contributed by atoms with Crippen molar-refractivity contribution in [3.8, 4) is 11.3 Å². The lowest BCUT2D eigenvalue weighted by atomic mass is 9.85. The molecule has 0 N–H and O–H groups in total. The second kappa shape index (κ2) is 5.65. The molecule has 6 heteroatoms. The van der Waals surface area contributed by atoms with Crippen LogP contribution in [0.15, 0.2) is 49.2 Å². The Balaban J connectivity index is 1.44. The zero-order chi connectivity index (χ0) is 16.8. The lowest BCUT2D eigenvalue weighted by Gasteiger charge is -2.35. The van der Waals surface area contributed by atoms with Gasteiger partial charge in [0.05, 0.1) is 24.3 Å². The SMILES string of the molecule is Fc1cccc2c1C(C1CCN(c3ncccn3)CC1)n1cncc1-2. The van der Waals surface area contributed by atoms with Crippen molar-refractivity contribution >= 4 is 5.95 Å². The molecule has 1 unspecified atom stereocenters. The third kappa shape index (κ3) is 2.24. The fourth-order valence-corrected chi connectivity index (χ4v) is 4.27. The Morgan fingerprint density at radius 1 is 1.04 bits per heavy atom. The van der Waals surface area contributed by atoms with Crippen LogP contribution in [-0.2, 0) is 0 Å². The Labute approximate surface area is 145 Å². The third-order valence-electron chi connectivity index (χ3n) is 5.41. The van der Waals surface area contributed by atoms with Crippen LogP contribution in [0.5, 0.6) is 0 Å². The van der Waals surface area contributed by atoms with Gasteiger partial charge in [-0.05, 0) is 30.9 Å². The van der Waals surface area contributed by atoms with Gasteiger partial charge in [-0.25, -0.2) is 19.3 Å². The van der Waals surface area contributed by atoms with Gasteiger partial charge in [-0.15, -0.1) is 0 Å². The molecular formula is C19H18FN5.